The smallest absolute Gasteiger partial charge is 0.348 e. The summed E-state index contributed by atoms with van der Waals surface area (Å²) >= 11 is 0. The van der Waals surface area contributed by atoms with Gasteiger partial charge in [0.25, 0.3) is 11.6 Å². The molecule has 10 heteroatoms. The molecular formula is C18H16F3N3O4. The number of nitrogens with zero attached hydrogens (tertiary/aromatic N) is 1. The molecule has 148 valence electrons. The Morgan fingerprint density at radius 3 is 2.46 bits per heavy atom. The van der Waals surface area contributed by atoms with E-state index in [-0.39, 0.29) is 16.8 Å². The molecule has 2 rings (SSSR count). The molecular weight excluding hydrogens is 379 g/mol. The summed E-state index contributed by atoms with van der Waals surface area (Å²) in [5, 5.41) is 15.5. The summed E-state index contributed by atoms with van der Waals surface area (Å²) in [4.78, 5) is 34.0. The van der Waals surface area contributed by atoms with E-state index in [0.717, 1.165) is 18.2 Å². The molecule has 0 saturated heterocycles. The maximum Gasteiger partial charge on any atom is 0.416 e. The number of rotatable bonds is 6. The van der Waals surface area contributed by atoms with E-state index in [0.29, 0.717) is 0 Å². The average Bonchev–Trinajstić information content (AvgIpc) is 2.65. The number of alkyl halides is 3. The number of nitro benzene ring substituents is 1. The molecule has 0 heterocycles. The zero-order valence-electron chi connectivity index (χ0n) is 14.6. The van der Waals surface area contributed by atoms with Crippen LogP contribution < -0.4 is 10.6 Å². The first-order valence-electron chi connectivity index (χ1n) is 8.07. The highest BCUT2D eigenvalue weighted by Crippen LogP contribution is 2.30. The first-order chi connectivity index (χ1) is 13.1. The van der Waals surface area contributed by atoms with Crippen molar-refractivity contribution in [1.82, 2.24) is 10.6 Å². The van der Waals surface area contributed by atoms with Crippen LogP contribution in [0.1, 0.15) is 34.5 Å². The Morgan fingerprint density at radius 2 is 1.82 bits per heavy atom. The topological polar surface area (TPSA) is 101 Å². The second-order valence-corrected chi connectivity index (χ2v) is 5.90. The molecule has 0 aromatic heterocycles. The summed E-state index contributed by atoms with van der Waals surface area (Å²) in [7, 11) is 0. The van der Waals surface area contributed by atoms with E-state index < -0.39 is 41.1 Å². The molecule has 1 atom stereocenters. The van der Waals surface area contributed by atoms with Gasteiger partial charge in [-0.2, -0.15) is 13.2 Å². The van der Waals surface area contributed by atoms with Crippen molar-refractivity contribution in [1.29, 1.82) is 0 Å². The normalized spacial score (nSPS) is 12.1. The van der Waals surface area contributed by atoms with Crippen molar-refractivity contribution in [2.24, 2.45) is 0 Å². The molecule has 0 fully saturated rings. The molecule has 0 aliphatic rings. The first kappa shape index (κ1) is 20.9. The Kier molecular flexibility index (Phi) is 6.34. The van der Waals surface area contributed by atoms with Gasteiger partial charge in [0.15, 0.2) is 0 Å². The average molecular weight is 395 g/mol. The van der Waals surface area contributed by atoms with Gasteiger partial charge in [-0.15, -0.1) is 0 Å². The maximum atomic E-state index is 12.8. The van der Waals surface area contributed by atoms with Crippen LogP contribution in [0.25, 0.3) is 0 Å². The summed E-state index contributed by atoms with van der Waals surface area (Å²) in [6.07, 6.45) is -4.49. The van der Waals surface area contributed by atoms with Crippen molar-refractivity contribution >= 4 is 17.5 Å². The zero-order chi connectivity index (χ0) is 20.9. The SMILES string of the molecule is CC(NC(=O)CNC(=O)c1cccc([N+](=O)[O-])c1)c1cccc(C(F)(F)F)c1. The van der Waals surface area contributed by atoms with Gasteiger partial charge in [-0.05, 0) is 30.7 Å². The molecule has 1 unspecified atom stereocenters. The Hall–Kier alpha value is -3.43. The number of carbonyl (C=O) groups is 2. The van der Waals surface area contributed by atoms with Crippen LogP contribution in [0, 0.1) is 10.1 Å². The minimum atomic E-state index is -4.49. The van der Waals surface area contributed by atoms with Gasteiger partial charge in [-0.1, -0.05) is 18.2 Å². The van der Waals surface area contributed by atoms with Crippen LogP contribution in [0.15, 0.2) is 48.5 Å². The molecule has 0 radical (unpaired) electrons. The summed E-state index contributed by atoms with van der Waals surface area (Å²) in [5.41, 5.74) is -0.832. The van der Waals surface area contributed by atoms with Crippen LogP contribution in [0.2, 0.25) is 0 Å². The highest BCUT2D eigenvalue weighted by molar-refractivity contribution is 5.97. The van der Waals surface area contributed by atoms with Crippen LogP contribution in [-0.2, 0) is 11.0 Å². The van der Waals surface area contributed by atoms with Crippen LogP contribution in [0.4, 0.5) is 18.9 Å². The third kappa shape index (κ3) is 5.53. The van der Waals surface area contributed by atoms with E-state index in [1.54, 1.807) is 0 Å². The lowest BCUT2D eigenvalue weighted by atomic mass is 10.0. The predicted octanol–water partition coefficient (Wildman–Crippen LogP) is 3.22. The van der Waals surface area contributed by atoms with Crippen LogP contribution in [-0.4, -0.2) is 23.3 Å². The summed E-state index contributed by atoms with van der Waals surface area (Å²) in [6.45, 7) is 1.07. The van der Waals surface area contributed by atoms with E-state index in [2.05, 4.69) is 10.6 Å². The van der Waals surface area contributed by atoms with Crippen molar-refractivity contribution in [3.63, 3.8) is 0 Å². The lowest BCUT2D eigenvalue weighted by Gasteiger charge is -2.16. The zero-order valence-corrected chi connectivity index (χ0v) is 14.6. The molecule has 2 aromatic rings. The summed E-state index contributed by atoms with van der Waals surface area (Å²) < 4.78 is 38.3. The fraction of sp³-hybridized carbons (Fsp3) is 0.222. The molecule has 28 heavy (non-hydrogen) atoms. The van der Waals surface area contributed by atoms with Crippen LogP contribution in [0.5, 0.6) is 0 Å². The van der Waals surface area contributed by atoms with Gasteiger partial charge in [-0.3, -0.25) is 19.7 Å². The van der Waals surface area contributed by atoms with E-state index >= 15 is 0 Å². The van der Waals surface area contributed by atoms with Crippen LogP contribution in [0.3, 0.4) is 0 Å². The molecule has 0 saturated carbocycles. The van der Waals surface area contributed by atoms with Crippen molar-refractivity contribution < 1.29 is 27.7 Å². The Labute approximate surface area is 157 Å². The fourth-order valence-corrected chi connectivity index (χ4v) is 2.38. The minimum Gasteiger partial charge on any atom is -0.348 e. The molecule has 2 amide bonds. The molecule has 0 aliphatic carbocycles. The fourth-order valence-electron chi connectivity index (χ4n) is 2.38. The third-order valence-corrected chi connectivity index (χ3v) is 3.82. The number of halogens is 3. The third-order valence-electron chi connectivity index (χ3n) is 3.82. The minimum absolute atomic E-state index is 0.00734. The van der Waals surface area contributed by atoms with Crippen LogP contribution >= 0.6 is 0 Å². The highest BCUT2D eigenvalue weighted by Gasteiger charge is 2.30. The quantitative estimate of drug-likeness (QED) is 0.579. The number of benzene rings is 2. The molecule has 2 aromatic carbocycles. The van der Waals surface area contributed by atoms with Gasteiger partial charge in [0.1, 0.15) is 0 Å². The van der Waals surface area contributed by atoms with E-state index in [9.17, 15) is 32.9 Å². The Morgan fingerprint density at radius 1 is 1.14 bits per heavy atom. The number of nitro groups is 1. The lowest BCUT2D eigenvalue weighted by Crippen LogP contribution is -2.38. The van der Waals surface area contributed by atoms with Gasteiger partial charge in [0.05, 0.1) is 23.1 Å². The van der Waals surface area contributed by atoms with Gasteiger partial charge in [0.2, 0.25) is 5.91 Å². The van der Waals surface area contributed by atoms with E-state index in [1.165, 1.54) is 37.3 Å². The summed E-state index contributed by atoms with van der Waals surface area (Å²) in [6, 6.07) is 8.81. The molecule has 0 bridgehead atoms. The molecule has 2 N–H and O–H groups in total. The van der Waals surface area contributed by atoms with E-state index in [1.807, 2.05) is 0 Å². The number of amides is 2. The monoisotopic (exact) mass is 395 g/mol. The largest absolute Gasteiger partial charge is 0.416 e. The van der Waals surface area contributed by atoms with E-state index in [4.69, 9.17) is 0 Å². The number of non-ortho nitro benzene ring substituents is 1. The lowest BCUT2D eigenvalue weighted by molar-refractivity contribution is -0.384. The van der Waals surface area contributed by atoms with Gasteiger partial charge >= 0.3 is 6.18 Å². The number of nitrogens with one attached hydrogen (secondary N) is 2. The first-order valence-corrected chi connectivity index (χ1v) is 8.07. The van der Waals surface area contributed by atoms with Crippen molar-refractivity contribution in [2.45, 2.75) is 19.1 Å². The second kappa shape index (κ2) is 8.51. The predicted molar refractivity (Wildman–Crippen MR) is 93.4 cm³/mol. The van der Waals surface area contributed by atoms with Crippen molar-refractivity contribution in [2.75, 3.05) is 6.54 Å². The number of carbonyl (C=O) groups excluding carboxylic acids is 2. The van der Waals surface area contributed by atoms with Gasteiger partial charge in [-0.25, -0.2) is 0 Å². The number of hydrogen-bond acceptors (Lipinski definition) is 4. The Balaban J connectivity index is 1.94. The summed E-state index contributed by atoms with van der Waals surface area (Å²) in [5.74, 6) is -1.31. The van der Waals surface area contributed by atoms with Crippen molar-refractivity contribution in [3.05, 3.63) is 75.3 Å². The second-order valence-electron chi connectivity index (χ2n) is 5.90. The van der Waals surface area contributed by atoms with Gasteiger partial charge in [0, 0.05) is 17.7 Å². The maximum absolute atomic E-state index is 12.8. The molecule has 0 aliphatic heterocycles. The van der Waals surface area contributed by atoms with Gasteiger partial charge < -0.3 is 10.6 Å². The Bertz CT molecular complexity index is 900. The number of hydrogen-bond donors (Lipinski definition) is 2. The molecule has 0 spiro atoms. The standard InChI is InChI=1S/C18H16F3N3O4/c1-11(12-4-2-6-14(8-12)18(19,20)21)23-16(25)10-22-17(26)13-5-3-7-15(9-13)24(27)28/h2-9,11H,10H2,1H3,(H,22,26)(H,23,25). The highest BCUT2D eigenvalue weighted by atomic mass is 19.4. The molecule has 7 nitrogen and oxygen atoms in total. The van der Waals surface area contributed by atoms with Crippen molar-refractivity contribution in [3.8, 4) is 0 Å².